The van der Waals surface area contributed by atoms with Gasteiger partial charge >= 0.3 is 11.9 Å². The van der Waals surface area contributed by atoms with Gasteiger partial charge in [-0.3, -0.25) is 9.59 Å². The summed E-state index contributed by atoms with van der Waals surface area (Å²) in [5, 5.41) is 0. The van der Waals surface area contributed by atoms with E-state index in [0.29, 0.717) is 0 Å². The molecule has 3 rings (SSSR count). The van der Waals surface area contributed by atoms with Gasteiger partial charge in [-0.2, -0.15) is 0 Å². The van der Waals surface area contributed by atoms with Crippen LogP contribution in [-0.2, 0) is 19.1 Å². The van der Waals surface area contributed by atoms with Gasteiger partial charge < -0.3 is 9.47 Å². The van der Waals surface area contributed by atoms with Crippen molar-refractivity contribution in [1.82, 2.24) is 0 Å². The molecule has 2 unspecified atom stereocenters. The number of hydrogen-bond donors (Lipinski definition) is 0. The van der Waals surface area contributed by atoms with Crippen LogP contribution in [0.3, 0.4) is 0 Å². The van der Waals surface area contributed by atoms with Gasteiger partial charge in [0.25, 0.3) is 0 Å². The molecule has 0 aromatic rings. The number of cyclic esters (lactones) is 2. The lowest BCUT2D eigenvalue weighted by Crippen LogP contribution is -2.34. The second-order valence-electron chi connectivity index (χ2n) is 3.87. The predicted octanol–water partition coefficient (Wildman–Crippen LogP) is 0.0295. The van der Waals surface area contributed by atoms with Crippen molar-refractivity contribution in [2.75, 3.05) is 0 Å². The third kappa shape index (κ3) is 0.659. The highest BCUT2D eigenvalue weighted by atomic mass is 16.6. The maximum Gasteiger partial charge on any atom is 0.320 e. The van der Waals surface area contributed by atoms with Gasteiger partial charge in [0, 0.05) is 0 Å². The van der Waals surface area contributed by atoms with Crippen LogP contribution >= 0.6 is 0 Å². The van der Waals surface area contributed by atoms with E-state index in [1.165, 1.54) is 0 Å². The molecule has 4 heteroatoms. The highest BCUT2D eigenvalue weighted by Gasteiger charge is 2.64. The van der Waals surface area contributed by atoms with E-state index in [2.05, 4.69) is 4.74 Å². The van der Waals surface area contributed by atoms with Gasteiger partial charge in [0.2, 0.25) is 0 Å². The third-order valence-corrected chi connectivity index (χ3v) is 3.06. The van der Waals surface area contributed by atoms with E-state index in [4.69, 9.17) is 4.74 Å². The maximum absolute atomic E-state index is 11.3. The number of carbonyl (C=O) groups is 2. The summed E-state index contributed by atoms with van der Waals surface area (Å²) in [4.78, 5) is 22.5. The lowest BCUT2D eigenvalue weighted by atomic mass is 9.78. The lowest BCUT2D eigenvalue weighted by Gasteiger charge is -2.20. The van der Waals surface area contributed by atoms with E-state index in [1.54, 1.807) is 0 Å². The minimum absolute atomic E-state index is 0.256. The molecule has 68 valence electrons. The fraction of sp³-hybridized carbons (Fsp3) is 0.556. The Morgan fingerprint density at radius 2 is 2.15 bits per heavy atom. The number of hydrogen-bond acceptors (Lipinski definition) is 4. The zero-order valence-electron chi connectivity index (χ0n) is 7.02. The molecule has 0 radical (unpaired) electrons. The smallest absolute Gasteiger partial charge is 0.320 e. The van der Waals surface area contributed by atoms with E-state index in [0.717, 1.165) is 0 Å². The highest BCUT2D eigenvalue weighted by Crippen LogP contribution is 2.50. The predicted molar refractivity (Wildman–Crippen MR) is 40.5 cm³/mol. The Kier molecular flexibility index (Phi) is 1.03. The largest absolute Gasteiger partial charge is 0.393 e. The topological polar surface area (TPSA) is 52.6 Å². The summed E-state index contributed by atoms with van der Waals surface area (Å²) in [5.74, 6) is -1.70. The molecule has 2 fully saturated rings. The zero-order valence-corrected chi connectivity index (χ0v) is 7.02. The molecule has 0 aromatic carbocycles. The fourth-order valence-corrected chi connectivity index (χ4v) is 2.46. The van der Waals surface area contributed by atoms with Crippen LogP contribution in [0.25, 0.3) is 0 Å². The van der Waals surface area contributed by atoms with Crippen molar-refractivity contribution in [2.45, 2.75) is 18.6 Å². The van der Waals surface area contributed by atoms with Crippen LogP contribution in [0.5, 0.6) is 0 Å². The van der Waals surface area contributed by atoms with Gasteiger partial charge in [0.05, 0.1) is 11.7 Å². The van der Waals surface area contributed by atoms with E-state index in [1.807, 2.05) is 19.1 Å². The summed E-state index contributed by atoms with van der Waals surface area (Å²) in [6.07, 6.45) is 3.42. The Balaban J connectivity index is 2.13. The Labute approximate surface area is 74.5 Å². The summed E-state index contributed by atoms with van der Waals surface area (Å²) < 4.78 is 10.1. The van der Waals surface area contributed by atoms with Crippen molar-refractivity contribution in [3.63, 3.8) is 0 Å². The summed E-state index contributed by atoms with van der Waals surface area (Å²) in [6, 6.07) is 0. The van der Waals surface area contributed by atoms with Gasteiger partial charge in [0.1, 0.15) is 11.8 Å². The van der Waals surface area contributed by atoms with Crippen molar-refractivity contribution in [1.29, 1.82) is 0 Å². The first kappa shape index (κ1) is 7.26. The van der Waals surface area contributed by atoms with Crippen LogP contribution in [0.4, 0.5) is 0 Å². The Hall–Kier alpha value is -1.16. The summed E-state index contributed by atoms with van der Waals surface area (Å²) in [7, 11) is 0. The second kappa shape index (κ2) is 1.85. The summed E-state index contributed by atoms with van der Waals surface area (Å²) in [5.41, 5.74) is -0.613. The average molecular weight is 180 g/mol. The first-order valence-electron chi connectivity index (χ1n) is 4.24. The second-order valence-corrected chi connectivity index (χ2v) is 3.87. The molecule has 0 aromatic heterocycles. The molecular formula is C9H8O4. The zero-order chi connectivity index (χ0) is 9.22. The molecule has 3 aliphatic heterocycles. The molecule has 4 nitrogen and oxygen atoms in total. The van der Waals surface area contributed by atoms with Crippen LogP contribution in [-0.4, -0.2) is 23.6 Å². The van der Waals surface area contributed by atoms with Gasteiger partial charge in [-0.25, -0.2) is 0 Å². The van der Waals surface area contributed by atoms with Crippen LogP contribution < -0.4 is 0 Å². The van der Waals surface area contributed by atoms with E-state index < -0.39 is 29.4 Å². The number of ether oxygens (including phenoxy) is 2. The lowest BCUT2D eigenvalue weighted by molar-refractivity contribution is -0.157. The number of esters is 2. The molecule has 2 bridgehead atoms. The molecule has 0 spiro atoms. The van der Waals surface area contributed by atoms with Crippen LogP contribution in [0.2, 0.25) is 0 Å². The van der Waals surface area contributed by atoms with Crippen molar-refractivity contribution in [2.24, 2.45) is 11.8 Å². The van der Waals surface area contributed by atoms with Crippen molar-refractivity contribution in [3.05, 3.63) is 12.2 Å². The monoisotopic (exact) mass is 180 g/mol. The van der Waals surface area contributed by atoms with E-state index >= 15 is 0 Å². The quantitative estimate of drug-likeness (QED) is 0.300. The minimum Gasteiger partial charge on any atom is -0.393 e. The molecule has 0 saturated carbocycles. The summed E-state index contributed by atoms with van der Waals surface area (Å²) in [6.45, 7) is 1.81. The SMILES string of the molecule is C[C@@]12C=C[C@@H](O1)C1C(=O)OC(=O)C12. The summed E-state index contributed by atoms with van der Waals surface area (Å²) >= 11 is 0. The molecule has 4 atom stereocenters. The molecule has 3 aliphatic rings. The Bertz CT molecular complexity index is 346. The maximum atomic E-state index is 11.3. The molecule has 2 saturated heterocycles. The standard InChI is InChI=1S/C9H8O4/c1-9-3-2-4(13-9)5-6(9)8(11)12-7(5)10/h2-6H,1H3/t4-,5?,6?,9+/m1/s1. The van der Waals surface area contributed by atoms with Crippen LogP contribution in [0, 0.1) is 11.8 Å². The first-order chi connectivity index (χ1) is 6.12. The molecule has 0 amide bonds. The molecular weight excluding hydrogens is 172 g/mol. The normalized spacial score (nSPS) is 51.3. The van der Waals surface area contributed by atoms with Crippen LogP contribution in [0.15, 0.2) is 12.2 Å². The number of carbonyl (C=O) groups excluding carboxylic acids is 2. The van der Waals surface area contributed by atoms with Gasteiger partial charge in [-0.05, 0) is 6.92 Å². The molecule has 0 N–H and O–H groups in total. The number of fused-ring (bicyclic) bond motifs is 5. The van der Waals surface area contributed by atoms with Crippen molar-refractivity contribution in [3.8, 4) is 0 Å². The average Bonchev–Trinajstić information content (AvgIpc) is 2.62. The highest BCUT2D eigenvalue weighted by molar-refractivity contribution is 5.99. The van der Waals surface area contributed by atoms with Crippen molar-refractivity contribution < 1.29 is 19.1 Å². The van der Waals surface area contributed by atoms with Gasteiger partial charge in [0.15, 0.2) is 0 Å². The molecule has 3 heterocycles. The molecule has 13 heavy (non-hydrogen) atoms. The van der Waals surface area contributed by atoms with E-state index in [-0.39, 0.29) is 6.10 Å². The first-order valence-corrected chi connectivity index (χ1v) is 4.24. The van der Waals surface area contributed by atoms with Crippen LogP contribution in [0.1, 0.15) is 6.92 Å². The third-order valence-electron chi connectivity index (χ3n) is 3.06. The van der Waals surface area contributed by atoms with Crippen molar-refractivity contribution >= 4 is 11.9 Å². The van der Waals surface area contributed by atoms with Gasteiger partial charge in [-0.1, -0.05) is 12.2 Å². The van der Waals surface area contributed by atoms with Gasteiger partial charge in [-0.15, -0.1) is 0 Å². The van der Waals surface area contributed by atoms with E-state index in [9.17, 15) is 9.59 Å². The Morgan fingerprint density at radius 1 is 1.38 bits per heavy atom. The molecule has 0 aliphatic carbocycles. The Morgan fingerprint density at radius 3 is 2.85 bits per heavy atom. The fourth-order valence-electron chi connectivity index (χ4n) is 2.46. The number of rotatable bonds is 0. The minimum atomic E-state index is -0.613.